The number of fused-ring (bicyclic) bond motifs is 1. The van der Waals surface area contributed by atoms with E-state index in [0.29, 0.717) is 19.0 Å². The molecule has 1 aromatic carbocycles. The summed E-state index contributed by atoms with van der Waals surface area (Å²) >= 11 is 0. The van der Waals surface area contributed by atoms with Crippen molar-refractivity contribution in [1.82, 2.24) is 19.4 Å². The van der Waals surface area contributed by atoms with E-state index in [1.807, 2.05) is 9.47 Å². The second-order valence-corrected chi connectivity index (χ2v) is 10.2. The van der Waals surface area contributed by atoms with Crippen LogP contribution in [-0.4, -0.2) is 58.0 Å². The Morgan fingerprint density at radius 2 is 1.85 bits per heavy atom. The van der Waals surface area contributed by atoms with Gasteiger partial charge in [0.2, 0.25) is 5.91 Å². The summed E-state index contributed by atoms with van der Waals surface area (Å²) in [5.41, 5.74) is 2.37. The average molecular weight is 449 g/mol. The van der Waals surface area contributed by atoms with Gasteiger partial charge in [-0.05, 0) is 56.6 Å². The van der Waals surface area contributed by atoms with Crippen LogP contribution in [0.1, 0.15) is 61.5 Å². The van der Waals surface area contributed by atoms with Gasteiger partial charge in [-0.1, -0.05) is 36.8 Å². The summed E-state index contributed by atoms with van der Waals surface area (Å²) in [6.07, 6.45) is 8.61. The van der Waals surface area contributed by atoms with E-state index < -0.39 is 0 Å². The highest BCUT2D eigenvalue weighted by Crippen LogP contribution is 2.27. The third kappa shape index (κ3) is 5.37. The molecule has 2 aromatic rings. The average Bonchev–Trinajstić information content (AvgIpc) is 3.19. The van der Waals surface area contributed by atoms with E-state index in [1.54, 1.807) is 6.07 Å². The van der Waals surface area contributed by atoms with Crippen molar-refractivity contribution in [3.05, 3.63) is 63.8 Å². The number of carbonyl (C=O) groups is 1. The first kappa shape index (κ1) is 22.3. The molecule has 176 valence electrons. The highest BCUT2D eigenvalue weighted by atomic mass is 16.2. The number of amides is 1. The molecule has 5 rings (SSSR count). The van der Waals surface area contributed by atoms with Crippen LogP contribution in [0.4, 0.5) is 0 Å². The van der Waals surface area contributed by atoms with Crippen molar-refractivity contribution < 1.29 is 4.79 Å². The summed E-state index contributed by atoms with van der Waals surface area (Å²) in [6.45, 7) is 4.77. The Hall–Kier alpha value is -2.47. The topological polar surface area (TPSA) is 58.4 Å². The molecule has 4 heterocycles. The Kier molecular flexibility index (Phi) is 6.91. The number of nitrogens with zero attached hydrogens (tertiary/aromatic N) is 4. The second kappa shape index (κ2) is 10.2. The number of hydrogen-bond acceptors (Lipinski definition) is 4. The zero-order valence-corrected chi connectivity index (χ0v) is 19.6. The minimum Gasteiger partial charge on any atom is -0.341 e. The van der Waals surface area contributed by atoms with Gasteiger partial charge in [0.15, 0.2) is 0 Å². The first-order valence-corrected chi connectivity index (χ1v) is 12.8. The summed E-state index contributed by atoms with van der Waals surface area (Å²) in [7, 11) is 0. The van der Waals surface area contributed by atoms with E-state index in [0.717, 1.165) is 82.6 Å². The van der Waals surface area contributed by atoms with Crippen LogP contribution < -0.4 is 5.56 Å². The van der Waals surface area contributed by atoms with Crippen molar-refractivity contribution >= 4 is 5.91 Å². The van der Waals surface area contributed by atoms with Gasteiger partial charge in [0.05, 0.1) is 12.2 Å². The third-order valence-electron chi connectivity index (χ3n) is 7.68. The first-order chi connectivity index (χ1) is 16.2. The van der Waals surface area contributed by atoms with Crippen molar-refractivity contribution in [1.29, 1.82) is 0 Å². The Balaban J connectivity index is 1.17. The summed E-state index contributed by atoms with van der Waals surface area (Å²) in [4.78, 5) is 35.0. The summed E-state index contributed by atoms with van der Waals surface area (Å²) < 4.78 is 1.86. The quantitative estimate of drug-likeness (QED) is 0.705. The minimum atomic E-state index is 0.0828. The first-order valence-electron chi connectivity index (χ1n) is 12.8. The fourth-order valence-corrected chi connectivity index (χ4v) is 5.87. The molecule has 0 spiro atoms. The summed E-state index contributed by atoms with van der Waals surface area (Å²) in [5, 5.41) is 0. The van der Waals surface area contributed by atoms with Crippen molar-refractivity contribution in [3.63, 3.8) is 0 Å². The maximum atomic E-state index is 13.1. The standard InChI is InChI=1S/C27H36N4O2/c32-26-17-24(28-25-11-5-2-6-14-31(25)26)23-12-15-30(19-23)27(33)20-29-13-7-10-22(18-29)16-21-8-3-1-4-9-21/h1,3-4,8-9,17,22-23H,2,5-7,10-16,18-20H2. The lowest BCUT2D eigenvalue weighted by molar-refractivity contribution is -0.131. The van der Waals surface area contributed by atoms with Crippen LogP contribution >= 0.6 is 0 Å². The van der Waals surface area contributed by atoms with Gasteiger partial charge in [-0.2, -0.15) is 0 Å². The molecule has 6 heteroatoms. The van der Waals surface area contributed by atoms with E-state index >= 15 is 0 Å². The van der Waals surface area contributed by atoms with E-state index in [9.17, 15) is 9.59 Å². The van der Waals surface area contributed by atoms with Crippen LogP contribution in [0.3, 0.4) is 0 Å². The van der Waals surface area contributed by atoms with Crippen molar-refractivity contribution in [2.24, 2.45) is 5.92 Å². The molecular weight excluding hydrogens is 412 g/mol. The van der Waals surface area contributed by atoms with Gasteiger partial charge in [0.1, 0.15) is 5.82 Å². The summed E-state index contributed by atoms with van der Waals surface area (Å²) in [5.74, 6) is 1.97. The maximum absolute atomic E-state index is 13.1. The highest BCUT2D eigenvalue weighted by molar-refractivity contribution is 5.78. The Morgan fingerprint density at radius 1 is 0.970 bits per heavy atom. The highest BCUT2D eigenvalue weighted by Gasteiger charge is 2.31. The molecule has 3 aliphatic rings. The van der Waals surface area contributed by atoms with Gasteiger partial charge in [0.25, 0.3) is 5.56 Å². The van der Waals surface area contributed by atoms with Gasteiger partial charge in [-0.25, -0.2) is 4.98 Å². The fourth-order valence-electron chi connectivity index (χ4n) is 5.87. The molecule has 2 atom stereocenters. The molecule has 0 radical (unpaired) electrons. The Morgan fingerprint density at radius 3 is 2.73 bits per heavy atom. The number of aryl methyl sites for hydroxylation is 1. The van der Waals surface area contributed by atoms with E-state index in [4.69, 9.17) is 4.98 Å². The number of rotatable bonds is 5. The predicted molar refractivity (Wildman–Crippen MR) is 129 cm³/mol. The van der Waals surface area contributed by atoms with Crippen LogP contribution in [0, 0.1) is 5.92 Å². The number of carbonyl (C=O) groups excluding carboxylic acids is 1. The zero-order valence-electron chi connectivity index (χ0n) is 19.6. The summed E-state index contributed by atoms with van der Waals surface area (Å²) in [6, 6.07) is 12.4. The predicted octanol–water partition coefficient (Wildman–Crippen LogP) is 3.24. The van der Waals surface area contributed by atoms with Crippen molar-refractivity contribution in [2.75, 3.05) is 32.7 Å². The Bertz CT molecular complexity index is 1020. The van der Waals surface area contributed by atoms with Crippen LogP contribution in [0.25, 0.3) is 0 Å². The van der Waals surface area contributed by atoms with Crippen molar-refractivity contribution in [3.8, 4) is 0 Å². The third-order valence-corrected chi connectivity index (χ3v) is 7.68. The molecule has 0 bridgehead atoms. The van der Waals surface area contributed by atoms with Crippen LogP contribution in [0.15, 0.2) is 41.2 Å². The SMILES string of the molecule is O=C(CN1CCCC(Cc2ccccc2)C1)N1CCC(c2cc(=O)n3c(n2)CCCCC3)C1. The molecule has 3 aliphatic heterocycles. The number of aromatic nitrogens is 2. The van der Waals surface area contributed by atoms with E-state index in [1.165, 1.54) is 12.0 Å². The van der Waals surface area contributed by atoms with Gasteiger partial charge >= 0.3 is 0 Å². The molecule has 2 fully saturated rings. The molecular formula is C27H36N4O2. The van der Waals surface area contributed by atoms with E-state index in [2.05, 4.69) is 35.2 Å². The number of hydrogen-bond donors (Lipinski definition) is 0. The number of likely N-dealkylation sites (tertiary alicyclic amines) is 2. The maximum Gasteiger partial charge on any atom is 0.253 e. The fraction of sp³-hybridized carbons (Fsp3) is 0.593. The lowest BCUT2D eigenvalue weighted by Crippen LogP contribution is -2.44. The Labute approximate surface area is 196 Å². The monoisotopic (exact) mass is 448 g/mol. The van der Waals surface area contributed by atoms with Gasteiger partial charge in [0, 0.05) is 44.6 Å². The lowest BCUT2D eigenvalue weighted by atomic mass is 9.91. The van der Waals surface area contributed by atoms with E-state index in [-0.39, 0.29) is 17.4 Å². The molecule has 0 aliphatic carbocycles. The number of piperidine rings is 1. The van der Waals surface area contributed by atoms with Gasteiger partial charge in [-0.3, -0.25) is 19.1 Å². The van der Waals surface area contributed by atoms with Gasteiger partial charge in [-0.15, -0.1) is 0 Å². The number of benzene rings is 1. The van der Waals surface area contributed by atoms with Crippen LogP contribution in [-0.2, 0) is 24.2 Å². The molecule has 1 aromatic heterocycles. The van der Waals surface area contributed by atoms with Crippen LogP contribution in [0.2, 0.25) is 0 Å². The zero-order chi connectivity index (χ0) is 22.6. The molecule has 0 N–H and O–H groups in total. The smallest absolute Gasteiger partial charge is 0.253 e. The molecule has 2 unspecified atom stereocenters. The van der Waals surface area contributed by atoms with Crippen LogP contribution in [0.5, 0.6) is 0 Å². The normalized spacial score (nSPS) is 23.8. The largest absolute Gasteiger partial charge is 0.341 e. The molecule has 2 saturated heterocycles. The minimum absolute atomic E-state index is 0.0828. The van der Waals surface area contributed by atoms with Crippen molar-refractivity contribution in [2.45, 2.75) is 63.8 Å². The lowest BCUT2D eigenvalue weighted by Gasteiger charge is -2.33. The second-order valence-electron chi connectivity index (χ2n) is 10.2. The molecule has 1 amide bonds. The molecule has 33 heavy (non-hydrogen) atoms. The van der Waals surface area contributed by atoms with Gasteiger partial charge < -0.3 is 4.90 Å². The molecule has 6 nitrogen and oxygen atoms in total. The molecule has 0 saturated carbocycles.